The molecule has 0 aliphatic carbocycles. The Morgan fingerprint density at radius 2 is 2.60 bits per heavy atom. The number of carbonyl (C=O) groups excluding carboxylic acids is 1. The van der Waals surface area contributed by atoms with Gasteiger partial charge in [0.2, 0.25) is 5.91 Å². The Hall–Kier alpha value is -1.21. The van der Waals surface area contributed by atoms with Crippen molar-refractivity contribution >= 4 is 18.1 Å². The van der Waals surface area contributed by atoms with E-state index in [2.05, 4.69) is 15.5 Å². The van der Waals surface area contributed by atoms with E-state index < -0.39 is 0 Å². The van der Waals surface area contributed by atoms with Gasteiger partial charge >= 0.3 is 0 Å². The van der Waals surface area contributed by atoms with Gasteiger partial charge in [-0.05, 0) is 19.1 Å². The van der Waals surface area contributed by atoms with Crippen LogP contribution in [0.1, 0.15) is 13.0 Å². The van der Waals surface area contributed by atoms with Gasteiger partial charge in [-0.15, -0.1) is 0 Å². The summed E-state index contributed by atoms with van der Waals surface area (Å²) in [5, 5.41) is 9.07. The predicted octanol–water partition coefficient (Wildman–Crippen LogP) is 0.264. The fraction of sp³-hybridized carbons (Fsp3) is 0.625. The molecule has 0 saturated heterocycles. The molecule has 0 aliphatic heterocycles. The van der Waals surface area contributed by atoms with Crippen LogP contribution in [0.15, 0.2) is 6.33 Å². The SMILES string of the molecule is COCCNC(=O)C(C)n1cn[nH]c1=S. The van der Waals surface area contributed by atoms with Gasteiger partial charge in [-0.1, -0.05) is 0 Å². The van der Waals surface area contributed by atoms with Crippen molar-refractivity contribution in [2.75, 3.05) is 20.3 Å². The second kappa shape index (κ2) is 5.62. The zero-order valence-electron chi connectivity index (χ0n) is 8.69. The molecule has 0 fully saturated rings. The molecule has 0 aliphatic rings. The van der Waals surface area contributed by atoms with Crippen LogP contribution >= 0.6 is 12.2 Å². The summed E-state index contributed by atoms with van der Waals surface area (Å²) in [5.74, 6) is -0.107. The monoisotopic (exact) mass is 230 g/mol. The van der Waals surface area contributed by atoms with Gasteiger partial charge < -0.3 is 10.1 Å². The van der Waals surface area contributed by atoms with E-state index in [0.717, 1.165) is 0 Å². The third-order valence-electron chi connectivity index (χ3n) is 1.98. The number of aromatic amines is 1. The van der Waals surface area contributed by atoms with Gasteiger partial charge in [0, 0.05) is 13.7 Å². The van der Waals surface area contributed by atoms with E-state index in [9.17, 15) is 4.79 Å². The van der Waals surface area contributed by atoms with E-state index in [0.29, 0.717) is 17.9 Å². The first-order chi connectivity index (χ1) is 7.16. The highest BCUT2D eigenvalue weighted by molar-refractivity contribution is 7.71. The minimum atomic E-state index is -0.367. The van der Waals surface area contributed by atoms with Gasteiger partial charge in [0.1, 0.15) is 12.4 Å². The first-order valence-electron chi connectivity index (χ1n) is 4.55. The lowest BCUT2D eigenvalue weighted by atomic mass is 10.3. The molecule has 0 spiro atoms. The largest absolute Gasteiger partial charge is 0.383 e. The Morgan fingerprint density at radius 1 is 1.87 bits per heavy atom. The van der Waals surface area contributed by atoms with Gasteiger partial charge in [-0.3, -0.25) is 14.5 Å². The van der Waals surface area contributed by atoms with Crippen molar-refractivity contribution in [2.24, 2.45) is 0 Å². The number of ether oxygens (including phenoxy) is 1. The van der Waals surface area contributed by atoms with E-state index in [4.69, 9.17) is 17.0 Å². The summed E-state index contributed by atoms with van der Waals surface area (Å²) in [6.45, 7) is 2.74. The third-order valence-corrected chi connectivity index (χ3v) is 2.28. The molecule has 1 rings (SSSR count). The molecule has 15 heavy (non-hydrogen) atoms. The molecule has 84 valence electrons. The molecule has 1 heterocycles. The maximum atomic E-state index is 11.6. The minimum Gasteiger partial charge on any atom is -0.383 e. The molecule has 7 heteroatoms. The number of nitrogens with one attached hydrogen (secondary N) is 2. The van der Waals surface area contributed by atoms with Crippen molar-refractivity contribution in [3.8, 4) is 0 Å². The van der Waals surface area contributed by atoms with Crippen molar-refractivity contribution in [1.82, 2.24) is 20.1 Å². The van der Waals surface area contributed by atoms with Crippen LogP contribution in [0.3, 0.4) is 0 Å². The molecule has 1 aromatic heterocycles. The van der Waals surface area contributed by atoms with Crippen LogP contribution < -0.4 is 5.32 Å². The number of nitrogens with zero attached hydrogens (tertiary/aromatic N) is 2. The maximum absolute atomic E-state index is 11.6. The standard InChI is InChI=1S/C8H14N4O2S/c1-6(7(13)9-3-4-14-2)12-5-10-11-8(12)15/h5-6H,3-4H2,1-2H3,(H,9,13)(H,11,15). The molecule has 1 aromatic rings. The van der Waals surface area contributed by atoms with Crippen LogP contribution in [0.5, 0.6) is 0 Å². The van der Waals surface area contributed by atoms with E-state index in [1.54, 1.807) is 18.6 Å². The van der Waals surface area contributed by atoms with Gasteiger partial charge in [0.25, 0.3) is 0 Å². The second-order valence-electron chi connectivity index (χ2n) is 3.03. The summed E-state index contributed by atoms with van der Waals surface area (Å²) in [6.07, 6.45) is 1.50. The Labute approximate surface area is 92.6 Å². The number of amides is 1. The lowest BCUT2D eigenvalue weighted by Crippen LogP contribution is -2.33. The van der Waals surface area contributed by atoms with Crippen LogP contribution in [0.2, 0.25) is 0 Å². The summed E-state index contributed by atoms with van der Waals surface area (Å²) >= 11 is 4.96. The van der Waals surface area contributed by atoms with Gasteiger partial charge in [-0.2, -0.15) is 5.10 Å². The summed E-state index contributed by atoms with van der Waals surface area (Å²) in [6, 6.07) is -0.367. The van der Waals surface area contributed by atoms with Crippen molar-refractivity contribution in [1.29, 1.82) is 0 Å². The number of hydrogen-bond acceptors (Lipinski definition) is 4. The first kappa shape index (κ1) is 11.9. The Kier molecular flexibility index (Phi) is 4.44. The van der Waals surface area contributed by atoms with Crippen LogP contribution in [0.25, 0.3) is 0 Å². The lowest BCUT2D eigenvalue weighted by Gasteiger charge is -2.12. The summed E-state index contributed by atoms with van der Waals surface area (Å²) in [4.78, 5) is 11.6. The smallest absolute Gasteiger partial charge is 0.243 e. The number of aromatic nitrogens is 3. The van der Waals surface area contributed by atoms with Crippen LogP contribution in [-0.2, 0) is 9.53 Å². The molecule has 0 saturated carbocycles. The zero-order valence-corrected chi connectivity index (χ0v) is 9.50. The van der Waals surface area contributed by atoms with E-state index >= 15 is 0 Å². The summed E-state index contributed by atoms with van der Waals surface area (Å²) < 4.78 is 6.86. The quantitative estimate of drug-likeness (QED) is 0.562. The van der Waals surface area contributed by atoms with Crippen LogP contribution in [0.4, 0.5) is 0 Å². The first-order valence-corrected chi connectivity index (χ1v) is 4.95. The molecule has 0 radical (unpaired) electrons. The Morgan fingerprint density at radius 3 is 3.13 bits per heavy atom. The zero-order chi connectivity index (χ0) is 11.3. The van der Waals surface area contributed by atoms with Crippen molar-refractivity contribution in [2.45, 2.75) is 13.0 Å². The second-order valence-corrected chi connectivity index (χ2v) is 3.42. The topological polar surface area (TPSA) is 71.9 Å². The number of hydrogen-bond donors (Lipinski definition) is 2. The van der Waals surface area contributed by atoms with Crippen molar-refractivity contribution in [3.63, 3.8) is 0 Å². The highest BCUT2D eigenvalue weighted by Crippen LogP contribution is 2.04. The average molecular weight is 230 g/mol. The van der Waals surface area contributed by atoms with Gasteiger partial charge in [-0.25, -0.2) is 0 Å². The van der Waals surface area contributed by atoms with Gasteiger partial charge in [0.15, 0.2) is 4.77 Å². The fourth-order valence-corrected chi connectivity index (χ4v) is 1.34. The maximum Gasteiger partial charge on any atom is 0.243 e. The molecule has 1 unspecified atom stereocenters. The molecular formula is C8H14N4O2S. The Bertz CT molecular complexity index is 373. The van der Waals surface area contributed by atoms with Gasteiger partial charge in [0.05, 0.1) is 6.61 Å². The number of carbonyl (C=O) groups is 1. The molecule has 2 N–H and O–H groups in total. The lowest BCUT2D eigenvalue weighted by molar-refractivity contribution is -0.124. The van der Waals surface area contributed by atoms with Crippen molar-refractivity contribution in [3.05, 3.63) is 11.1 Å². The highest BCUT2D eigenvalue weighted by Gasteiger charge is 2.14. The molecule has 0 aromatic carbocycles. The molecule has 1 amide bonds. The summed E-state index contributed by atoms with van der Waals surface area (Å²) in [5.41, 5.74) is 0. The number of methoxy groups -OCH3 is 1. The van der Waals surface area contributed by atoms with E-state index in [1.165, 1.54) is 6.33 Å². The van der Waals surface area contributed by atoms with E-state index in [-0.39, 0.29) is 11.9 Å². The highest BCUT2D eigenvalue weighted by atomic mass is 32.1. The summed E-state index contributed by atoms with van der Waals surface area (Å²) in [7, 11) is 1.59. The minimum absolute atomic E-state index is 0.107. The number of rotatable bonds is 5. The molecule has 6 nitrogen and oxygen atoms in total. The number of H-pyrrole nitrogens is 1. The van der Waals surface area contributed by atoms with E-state index in [1.807, 2.05) is 0 Å². The van der Waals surface area contributed by atoms with Crippen LogP contribution in [-0.4, -0.2) is 40.9 Å². The van der Waals surface area contributed by atoms with Crippen LogP contribution in [0, 0.1) is 4.77 Å². The Balaban J connectivity index is 2.54. The average Bonchev–Trinajstić information content (AvgIpc) is 2.63. The predicted molar refractivity (Wildman–Crippen MR) is 57.0 cm³/mol. The molecular weight excluding hydrogens is 216 g/mol. The normalized spacial score (nSPS) is 12.4. The van der Waals surface area contributed by atoms with Crippen molar-refractivity contribution < 1.29 is 9.53 Å². The molecule has 0 bridgehead atoms. The fourth-order valence-electron chi connectivity index (χ4n) is 1.08. The third kappa shape index (κ3) is 3.14. The molecule has 1 atom stereocenters.